The molecule has 1 heterocycles. The number of nitro groups is 1. The van der Waals surface area contributed by atoms with Crippen LogP contribution in [0.5, 0.6) is 11.6 Å². The number of hydrogen-bond donors (Lipinski definition) is 0. The Kier molecular flexibility index (Phi) is 3.57. The van der Waals surface area contributed by atoms with Crippen molar-refractivity contribution in [2.45, 2.75) is 6.92 Å². The van der Waals surface area contributed by atoms with Gasteiger partial charge in [-0.25, -0.2) is 4.98 Å². The van der Waals surface area contributed by atoms with Crippen LogP contribution in [0.3, 0.4) is 0 Å². The molecule has 0 bridgehead atoms. The fraction of sp³-hybridized carbons (Fsp3) is 0.0833. The summed E-state index contributed by atoms with van der Waals surface area (Å²) in [7, 11) is 0. The molecule has 0 unspecified atom stereocenters. The van der Waals surface area contributed by atoms with E-state index in [1.807, 2.05) is 12.1 Å². The summed E-state index contributed by atoms with van der Waals surface area (Å²) in [6.07, 6.45) is 1.42. The maximum Gasteiger partial charge on any atom is 0.279 e. The molecular weight excluding hydrogens is 300 g/mol. The van der Waals surface area contributed by atoms with E-state index in [4.69, 9.17) is 4.74 Å². The van der Waals surface area contributed by atoms with Crippen molar-refractivity contribution < 1.29 is 9.66 Å². The maximum absolute atomic E-state index is 10.8. The van der Waals surface area contributed by atoms with Crippen LogP contribution in [0.15, 0.2) is 41.0 Å². The van der Waals surface area contributed by atoms with Gasteiger partial charge in [-0.3, -0.25) is 10.1 Å². The molecule has 1 aromatic carbocycles. The third-order valence-electron chi connectivity index (χ3n) is 2.26. The predicted octanol–water partition coefficient (Wildman–Crippen LogP) is 3.85. The molecule has 0 aliphatic heterocycles. The molecule has 0 saturated carbocycles. The van der Waals surface area contributed by atoms with Gasteiger partial charge in [-0.05, 0) is 25.1 Å². The zero-order valence-electron chi connectivity index (χ0n) is 9.46. The number of pyridine rings is 1. The van der Waals surface area contributed by atoms with Crippen LogP contribution >= 0.6 is 15.9 Å². The van der Waals surface area contributed by atoms with Crippen molar-refractivity contribution in [2.75, 3.05) is 0 Å². The quantitative estimate of drug-likeness (QED) is 0.638. The fourth-order valence-corrected chi connectivity index (χ4v) is 1.78. The number of nitrogens with zero attached hydrogens (tertiary/aromatic N) is 2. The van der Waals surface area contributed by atoms with E-state index in [-0.39, 0.29) is 11.6 Å². The van der Waals surface area contributed by atoms with Crippen LogP contribution in [0.25, 0.3) is 0 Å². The molecule has 18 heavy (non-hydrogen) atoms. The molecule has 0 aliphatic rings. The fourth-order valence-electron chi connectivity index (χ4n) is 1.40. The molecule has 6 heteroatoms. The SMILES string of the molecule is Cc1cnc(Oc2cccc(Br)c2)cc1[N+](=O)[O-]. The maximum atomic E-state index is 10.8. The van der Waals surface area contributed by atoms with Crippen molar-refractivity contribution in [3.05, 3.63) is 56.7 Å². The number of benzene rings is 1. The molecular formula is C12H9BrN2O3. The van der Waals surface area contributed by atoms with E-state index < -0.39 is 4.92 Å². The molecule has 2 rings (SSSR count). The Hall–Kier alpha value is -1.95. The zero-order valence-corrected chi connectivity index (χ0v) is 11.0. The average Bonchev–Trinajstić information content (AvgIpc) is 2.31. The Morgan fingerprint density at radius 1 is 1.39 bits per heavy atom. The van der Waals surface area contributed by atoms with E-state index in [0.29, 0.717) is 11.3 Å². The van der Waals surface area contributed by atoms with Gasteiger partial charge >= 0.3 is 0 Å². The molecule has 92 valence electrons. The molecule has 0 aliphatic carbocycles. The Labute approximate surface area is 112 Å². The van der Waals surface area contributed by atoms with Crippen molar-refractivity contribution in [1.29, 1.82) is 0 Å². The minimum absolute atomic E-state index is 0.00463. The summed E-state index contributed by atoms with van der Waals surface area (Å²) in [5, 5.41) is 10.8. The lowest BCUT2D eigenvalue weighted by molar-refractivity contribution is -0.385. The highest BCUT2D eigenvalue weighted by atomic mass is 79.9. The summed E-state index contributed by atoms with van der Waals surface area (Å²) >= 11 is 3.32. The molecule has 0 amide bonds. The smallest absolute Gasteiger partial charge is 0.279 e. The highest BCUT2D eigenvalue weighted by Crippen LogP contribution is 2.26. The van der Waals surface area contributed by atoms with E-state index in [9.17, 15) is 10.1 Å². The summed E-state index contributed by atoms with van der Waals surface area (Å²) in [4.78, 5) is 14.3. The Morgan fingerprint density at radius 3 is 2.83 bits per heavy atom. The van der Waals surface area contributed by atoms with E-state index in [1.54, 1.807) is 19.1 Å². The van der Waals surface area contributed by atoms with Crippen LogP contribution in [-0.4, -0.2) is 9.91 Å². The van der Waals surface area contributed by atoms with Crippen LogP contribution in [0.2, 0.25) is 0 Å². The zero-order chi connectivity index (χ0) is 13.1. The first kappa shape index (κ1) is 12.5. The van der Waals surface area contributed by atoms with Crippen LogP contribution in [0.1, 0.15) is 5.56 Å². The first-order valence-electron chi connectivity index (χ1n) is 5.11. The molecule has 0 atom stereocenters. The lowest BCUT2D eigenvalue weighted by atomic mass is 10.2. The van der Waals surface area contributed by atoms with Gasteiger partial charge in [0.05, 0.1) is 11.0 Å². The summed E-state index contributed by atoms with van der Waals surface area (Å²) in [6, 6.07) is 8.49. The van der Waals surface area contributed by atoms with Gasteiger partial charge in [0.1, 0.15) is 5.75 Å². The van der Waals surface area contributed by atoms with Crippen molar-refractivity contribution in [1.82, 2.24) is 4.98 Å². The van der Waals surface area contributed by atoms with Gasteiger partial charge in [0.15, 0.2) is 0 Å². The minimum Gasteiger partial charge on any atom is -0.439 e. The average molecular weight is 309 g/mol. The molecule has 0 spiro atoms. The van der Waals surface area contributed by atoms with Gasteiger partial charge < -0.3 is 4.74 Å². The second-order valence-electron chi connectivity index (χ2n) is 3.63. The highest BCUT2D eigenvalue weighted by molar-refractivity contribution is 9.10. The third kappa shape index (κ3) is 2.84. The molecule has 0 radical (unpaired) electrons. The largest absolute Gasteiger partial charge is 0.439 e. The number of halogens is 1. The summed E-state index contributed by atoms with van der Waals surface area (Å²) in [5.74, 6) is 0.764. The summed E-state index contributed by atoms with van der Waals surface area (Å²) in [5.41, 5.74) is 0.497. The highest BCUT2D eigenvalue weighted by Gasteiger charge is 2.13. The van der Waals surface area contributed by atoms with Crippen molar-refractivity contribution >= 4 is 21.6 Å². The second kappa shape index (κ2) is 5.14. The van der Waals surface area contributed by atoms with Gasteiger partial charge in [0.25, 0.3) is 5.69 Å². The second-order valence-corrected chi connectivity index (χ2v) is 4.54. The predicted molar refractivity (Wildman–Crippen MR) is 69.8 cm³/mol. The van der Waals surface area contributed by atoms with Crippen LogP contribution in [0.4, 0.5) is 5.69 Å². The van der Waals surface area contributed by atoms with E-state index in [2.05, 4.69) is 20.9 Å². The molecule has 5 nitrogen and oxygen atoms in total. The molecule has 0 N–H and O–H groups in total. The standard InChI is InChI=1S/C12H9BrN2O3/c1-8-7-14-12(6-11(8)15(16)17)18-10-4-2-3-9(13)5-10/h2-7H,1H3. The van der Waals surface area contributed by atoms with Gasteiger partial charge in [0, 0.05) is 16.2 Å². The van der Waals surface area contributed by atoms with Gasteiger partial charge in [-0.1, -0.05) is 22.0 Å². The molecule has 0 fully saturated rings. The van der Waals surface area contributed by atoms with Crippen LogP contribution < -0.4 is 4.74 Å². The van der Waals surface area contributed by atoms with Crippen LogP contribution in [0, 0.1) is 17.0 Å². The lowest BCUT2D eigenvalue weighted by Crippen LogP contribution is -1.95. The monoisotopic (exact) mass is 308 g/mol. The van der Waals surface area contributed by atoms with Crippen molar-refractivity contribution in [3.8, 4) is 11.6 Å². The molecule has 0 saturated heterocycles. The normalized spacial score (nSPS) is 10.1. The minimum atomic E-state index is -0.454. The topological polar surface area (TPSA) is 65.3 Å². The van der Waals surface area contributed by atoms with E-state index in [0.717, 1.165) is 4.47 Å². The molecule has 1 aromatic heterocycles. The summed E-state index contributed by atoms with van der Waals surface area (Å²) in [6.45, 7) is 1.63. The number of aromatic nitrogens is 1. The van der Waals surface area contributed by atoms with E-state index >= 15 is 0 Å². The third-order valence-corrected chi connectivity index (χ3v) is 2.76. The number of rotatable bonds is 3. The van der Waals surface area contributed by atoms with Crippen molar-refractivity contribution in [3.63, 3.8) is 0 Å². The lowest BCUT2D eigenvalue weighted by Gasteiger charge is -2.05. The van der Waals surface area contributed by atoms with E-state index in [1.165, 1.54) is 12.3 Å². The Morgan fingerprint density at radius 2 is 2.17 bits per heavy atom. The Balaban J connectivity index is 2.30. The van der Waals surface area contributed by atoms with Crippen molar-refractivity contribution in [2.24, 2.45) is 0 Å². The van der Waals surface area contributed by atoms with Gasteiger partial charge in [-0.2, -0.15) is 0 Å². The van der Waals surface area contributed by atoms with Gasteiger partial charge in [-0.15, -0.1) is 0 Å². The number of ether oxygens (including phenoxy) is 1. The first-order valence-corrected chi connectivity index (χ1v) is 5.90. The number of aryl methyl sites for hydroxylation is 1. The molecule has 2 aromatic rings. The van der Waals surface area contributed by atoms with Gasteiger partial charge in [0.2, 0.25) is 5.88 Å². The number of hydrogen-bond acceptors (Lipinski definition) is 4. The summed E-state index contributed by atoms with van der Waals surface area (Å²) < 4.78 is 6.32. The van der Waals surface area contributed by atoms with Crippen LogP contribution in [-0.2, 0) is 0 Å². The first-order chi connectivity index (χ1) is 8.56. The Bertz CT molecular complexity index is 602.